The molecule has 0 aliphatic rings. The number of ether oxygens (including phenoxy) is 2. The molecule has 7 heteroatoms. The first-order valence-corrected chi connectivity index (χ1v) is 9.94. The Labute approximate surface area is 198 Å². The van der Waals surface area contributed by atoms with Crippen molar-refractivity contribution in [3.05, 3.63) is 59.2 Å². The Hall–Kier alpha value is -2.00. The molecule has 2 N–H and O–H groups in total. The fourth-order valence-corrected chi connectivity index (χ4v) is 3.17. The Morgan fingerprint density at radius 2 is 1.77 bits per heavy atom. The molecule has 1 unspecified atom stereocenters. The number of hydrogen-bond acceptors (Lipinski definition) is 4. The fourth-order valence-electron chi connectivity index (χ4n) is 3.17. The van der Waals surface area contributed by atoms with Gasteiger partial charge in [0.1, 0.15) is 0 Å². The highest BCUT2D eigenvalue weighted by atomic mass is 127. The summed E-state index contributed by atoms with van der Waals surface area (Å²) < 4.78 is 10.8. The lowest BCUT2D eigenvalue weighted by molar-refractivity contribution is 0.295. The number of hydrogen-bond donors (Lipinski definition) is 2. The SMILES string of the molecule is CCNC(=NCc1cccc(C)c1)NCC(c1ccc(OC)c(OC)c1)N(C)C.I. The lowest BCUT2D eigenvalue weighted by atomic mass is 10.1. The minimum atomic E-state index is 0. The minimum Gasteiger partial charge on any atom is -0.493 e. The summed E-state index contributed by atoms with van der Waals surface area (Å²) in [6.45, 7) is 6.33. The molecule has 0 bridgehead atoms. The van der Waals surface area contributed by atoms with Crippen LogP contribution < -0.4 is 20.1 Å². The Kier molecular flexibility index (Phi) is 11.6. The molecule has 2 aromatic carbocycles. The third kappa shape index (κ3) is 7.68. The van der Waals surface area contributed by atoms with Crippen molar-refractivity contribution in [2.75, 3.05) is 41.4 Å². The summed E-state index contributed by atoms with van der Waals surface area (Å²) in [6.07, 6.45) is 0. The van der Waals surface area contributed by atoms with Gasteiger partial charge in [-0.1, -0.05) is 35.9 Å². The van der Waals surface area contributed by atoms with Crippen LogP contribution in [0.1, 0.15) is 29.7 Å². The van der Waals surface area contributed by atoms with E-state index in [1.807, 2.05) is 12.1 Å². The second kappa shape index (κ2) is 13.3. The molecule has 0 amide bonds. The summed E-state index contributed by atoms with van der Waals surface area (Å²) in [6, 6.07) is 14.6. The zero-order valence-electron chi connectivity index (χ0n) is 18.9. The van der Waals surface area contributed by atoms with Gasteiger partial charge in [0.15, 0.2) is 17.5 Å². The third-order valence-corrected chi connectivity index (χ3v) is 4.73. The first-order valence-electron chi connectivity index (χ1n) is 9.94. The van der Waals surface area contributed by atoms with Gasteiger partial charge < -0.3 is 25.0 Å². The predicted molar refractivity (Wildman–Crippen MR) is 135 cm³/mol. The molecule has 30 heavy (non-hydrogen) atoms. The van der Waals surface area contributed by atoms with Crippen LogP contribution in [0.4, 0.5) is 0 Å². The standard InChI is InChI=1S/C23H34N4O2.HI/c1-7-24-23(25-15-18-10-8-9-17(2)13-18)26-16-20(27(3)4)19-11-12-21(28-5)22(14-19)29-6;/h8-14,20H,7,15-16H2,1-6H3,(H2,24,25,26);1H. The molecule has 0 aliphatic carbocycles. The van der Waals surface area contributed by atoms with E-state index in [9.17, 15) is 0 Å². The molecule has 2 aromatic rings. The van der Waals surface area contributed by atoms with E-state index >= 15 is 0 Å². The molecule has 0 saturated carbocycles. The van der Waals surface area contributed by atoms with Gasteiger partial charge in [-0.25, -0.2) is 4.99 Å². The number of methoxy groups -OCH3 is 2. The summed E-state index contributed by atoms with van der Waals surface area (Å²) in [5.41, 5.74) is 3.60. The van der Waals surface area contributed by atoms with Crippen molar-refractivity contribution in [3.8, 4) is 11.5 Å². The van der Waals surface area contributed by atoms with Crippen LogP contribution in [0.3, 0.4) is 0 Å². The van der Waals surface area contributed by atoms with Gasteiger partial charge in [-0.15, -0.1) is 24.0 Å². The molecule has 0 saturated heterocycles. The number of aliphatic imine (C=N–C) groups is 1. The van der Waals surface area contributed by atoms with Gasteiger partial charge in [0.25, 0.3) is 0 Å². The molecule has 0 aromatic heterocycles. The van der Waals surface area contributed by atoms with E-state index in [1.54, 1.807) is 14.2 Å². The molecule has 166 valence electrons. The molecule has 1 atom stereocenters. The highest BCUT2D eigenvalue weighted by Gasteiger charge is 2.17. The largest absolute Gasteiger partial charge is 0.493 e. The number of nitrogens with zero attached hydrogens (tertiary/aromatic N) is 2. The number of halogens is 1. The minimum absolute atomic E-state index is 0. The van der Waals surface area contributed by atoms with Crippen molar-refractivity contribution < 1.29 is 9.47 Å². The van der Waals surface area contributed by atoms with Crippen LogP contribution in [-0.4, -0.2) is 52.3 Å². The van der Waals surface area contributed by atoms with Gasteiger partial charge in [-0.2, -0.15) is 0 Å². The van der Waals surface area contributed by atoms with Crippen molar-refractivity contribution in [1.29, 1.82) is 0 Å². The van der Waals surface area contributed by atoms with E-state index in [1.165, 1.54) is 11.1 Å². The molecular formula is C23H35IN4O2. The van der Waals surface area contributed by atoms with Gasteiger partial charge in [0.2, 0.25) is 0 Å². The third-order valence-electron chi connectivity index (χ3n) is 4.73. The van der Waals surface area contributed by atoms with Crippen molar-refractivity contribution in [2.24, 2.45) is 4.99 Å². The average Bonchev–Trinajstić information content (AvgIpc) is 2.71. The fraction of sp³-hybridized carbons (Fsp3) is 0.435. The van der Waals surface area contributed by atoms with Crippen LogP contribution in [-0.2, 0) is 6.54 Å². The summed E-state index contributed by atoms with van der Waals surface area (Å²) in [5.74, 6) is 2.27. The molecule has 0 radical (unpaired) electrons. The second-order valence-corrected chi connectivity index (χ2v) is 7.16. The zero-order chi connectivity index (χ0) is 21.2. The molecule has 0 aliphatic heterocycles. The van der Waals surface area contributed by atoms with Crippen molar-refractivity contribution in [3.63, 3.8) is 0 Å². The monoisotopic (exact) mass is 526 g/mol. The Morgan fingerprint density at radius 3 is 2.37 bits per heavy atom. The lowest BCUT2D eigenvalue weighted by Gasteiger charge is -2.26. The van der Waals surface area contributed by atoms with Crippen LogP contribution in [0.2, 0.25) is 0 Å². The number of likely N-dealkylation sites (N-methyl/N-ethyl adjacent to an activating group) is 1. The Bertz CT molecular complexity index is 812. The van der Waals surface area contributed by atoms with Gasteiger partial charge in [0, 0.05) is 13.1 Å². The maximum absolute atomic E-state index is 5.47. The Balaban J connectivity index is 0.00000450. The molecule has 0 fully saturated rings. The number of rotatable bonds is 9. The molecule has 2 rings (SSSR count). The van der Waals surface area contributed by atoms with Gasteiger partial charge in [-0.3, -0.25) is 0 Å². The maximum atomic E-state index is 5.47. The van der Waals surface area contributed by atoms with E-state index in [4.69, 9.17) is 14.5 Å². The highest BCUT2D eigenvalue weighted by Crippen LogP contribution is 2.31. The number of aryl methyl sites for hydroxylation is 1. The van der Waals surface area contributed by atoms with E-state index in [0.717, 1.165) is 29.6 Å². The molecule has 0 spiro atoms. The summed E-state index contributed by atoms with van der Waals surface area (Å²) >= 11 is 0. The molecular weight excluding hydrogens is 491 g/mol. The smallest absolute Gasteiger partial charge is 0.191 e. The van der Waals surface area contributed by atoms with Crippen LogP contribution in [0.25, 0.3) is 0 Å². The number of nitrogens with one attached hydrogen (secondary N) is 2. The van der Waals surface area contributed by atoms with E-state index in [0.29, 0.717) is 13.1 Å². The summed E-state index contributed by atoms with van der Waals surface area (Å²) in [7, 11) is 7.45. The van der Waals surface area contributed by atoms with Gasteiger partial charge in [0.05, 0.1) is 26.8 Å². The van der Waals surface area contributed by atoms with E-state index in [-0.39, 0.29) is 30.0 Å². The van der Waals surface area contributed by atoms with Crippen molar-refractivity contribution in [2.45, 2.75) is 26.4 Å². The lowest BCUT2D eigenvalue weighted by Crippen LogP contribution is -2.41. The second-order valence-electron chi connectivity index (χ2n) is 7.16. The predicted octanol–water partition coefficient (Wildman–Crippen LogP) is 3.99. The zero-order valence-corrected chi connectivity index (χ0v) is 21.2. The van der Waals surface area contributed by atoms with Crippen LogP contribution in [0.15, 0.2) is 47.5 Å². The van der Waals surface area contributed by atoms with Gasteiger partial charge in [-0.05, 0) is 51.2 Å². The quantitative estimate of drug-likeness (QED) is 0.294. The first-order chi connectivity index (χ1) is 14.0. The maximum Gasteiger partial charge on any atom is 0.191 e. The number of benzene rings is 2. The average molecular weight is 526 g/mol. The van der Waals surface area contributed by atoms with Crippen LogP contribution in [0, 0.1) is 6.92 Å². The number of guanidine groups is 1. The summed E-state index contributed by atoms with van der Waals surface area (Å²) in [5, 5.41) is 6.81. The van der Waals surface area contributed by atoms with Gasteiger partial charge >= 0.3 is 0 Å². The van der Waals surface area contributed by atoms with Crippen molar-refractivity contribution in [1.82, 2.24) is 15.5 Å². The Morgan fingerprint density at radius 1 is 1.03 bits per heavy atom. The molecule has 6 nitrogen and oxygen atoms in total. The highest BCUT2D eigenvalue weighted by molar-refractivity contribution is 14.0. The van der Waals surface area contributed by atoms with Crippen LogP contribution >= 0.6 is 24.0 Å². The topological polar surface area (TPSA) is 58.1 Å². The normalized spacial score (nSPS) is 12.2. The molecule has 0 heterocycles. The van der Waals surface area contributed by atoms with E-state index < -0.39 is 0 Å². The van der Waals surface area contributed by atoms with Crippen molar-refractivity contribution >= 4 is 29.9 Å². The summed E-state index contributed by atoms with van der Waals surface area (Å²) in [4.78, 5) is 6.92. The van der Waals surface area contributed by atoms with E-state index in [2.05, 4.69) is 73.8 Å². The van der Waals surface area contributed by atoms with Crippen LogP contribution in [0.5, 0.6) is 11.5 Å². The first kappa shape index (κ1) is 26.0.